The van der Waals surface area contributed by atoms with Crippen LogP contribution in [0.2, 0.25) is 5.15 Å². The number of aromatic nitrogens is 3. The van der Waals surface area contributed by atoms with Crippen LogP contribution < -0.4 is 5.32 Å². The van der Waals surface area contributed by atoms with Gasteiger partial charge in [0.1, 0.15) is 16.3 Å². The van der Waals surface area contributed by atoms with E-state index in [0.717, 1.165) is 24.8 Å². The molecular weight excluding hydrogens is 383 g/mol. The maximum atomic E-state index is 13.8. The molecule has 0 atom stereocenters. The molecule has 1 amide bonds. The number of rotatable bonds is 6. The van der Waals surface area contributed by atoms with Crippen molar-refractivity contribution in [2.24, 2.45) is 0 Å². The second-order valence-corrected chi connectivity index (χ2v) is 8.54. The van der Waals surface area contributed by atoms with Crippen molar-refractivity contribution in [1.29, 1.82) is 0 Å². The lowest BCUT2D eigenvalue weighted by atomic mass is 9.86. The number of carbonyl (C=O) groups excluding carboxylic acids is 1. The molecule has 0 spiro atoms. The summed E-state index contributed by atoms with van der Waals surface area (Å²) in [4.78, 5) is 21.4. The quantitative estimate of drug-likeness (QED) is 0.695. The fraction of sp³-hybridized carbons (Fsp3) is 0.650. The van der Waals surface area contributed by atoms with Gasteiger partial charge in [-0.2, -0.15) is 0 Å². The molecule has 8 heteroatoms. The van der Waals surface area contributed by atoms with E-state index in [2.05, 4.69) is 15.3 Å². The first kappa shape index (κ1) is 19.6. The predicted octanol–water partition coefficient (Wildman–Crippen LogP) is 4.83. The van der Waals surface area contributed by atoms with Crippen molar-refractivity contribution >= 4 is 34.6 Å². The van der Waals surface area contributed by atoms with Gasteiger partial charge in [0.2, 0.25) is 11.9 Å². The molecule has 2 saturated carbocycles. The Kier molecular flexibility index (Phi) is 5.56. The summed E-state index contributed by atoms with van der Waals surface area (Å²) in [5.74, 6) is 0.374. The first-order chi connectivity index (χ1) is 13.4. The number of alkyl halides is 1. The molecule has 2 heterocycles. The maximum Gasteiger partial charge on any atom is 0.229 e. The first-order valence-corrected chi connectivity index (χ1v) is 10.4. The third kappa shape index (κ3) is 4.30. The van der Waals surface area contributed by atoms with Gasteiger partial charge in [0, 0.05) is 6.04 Å². The Bertz CT molecular complexity index is 855. The average Bonchev–Trinajstić information content (AvgIpc) is 2.92. The van der Waals surface area contributed by atoms with Gasteiger partial charge in [-0.25, -0.2) is 14.4 Å². The van der Waals surface area contributed by atoms with Crippen molar-refractivity contribution in [3.63, 3.8) is 0 Å². The molecule has 0 saturated heterocycles. The normalized spacial score (nSPS) is 25.6. The van der Waals surface area contributed by atoms with Gasteiger partial charge in [0.25, 0.3) is 0 Å². The SMILES string of the molecule is CC1(F)CCC(OCCC(=O)Nc2nc3ccc(Cl)nc3n2C2CCC2)CC1. The zero-order valence-corrected chi connectivity index (χ0v) is 16.8. The maximum absolute atomic E-state index is 13.8. The van der Waals surface area contributed by atoms with Crippen LogP contribution in [0, 0.1) is 0 Å². The number of pyridine rings is 1. The highest BCUT2D eigenvalue weighted by atomic mass is 35.5. The lowest BCUT2D eigenvalue weighted by Crippen LogP contribution is -2.30. The van der Waals surface area contributed by atoms with E-state index in [4.69, 9.17) is 16.3 Å². The summed E-state index contributed by atoms with van der Waals surface area (Å²) in [6.07, 6.45) is 5.98. The van der Waals surface area contributed by atoms with Crippen LogP contribution in [-0.4, -0.2) is 38.8 Å². The van der Waals surface area contributed by atoms with Crippen LogP contribution in [-0.2, 0) is 9.53 Å². The summed E-state index contributed by atoms with van der Waals surface area (Å²) in [5, 5.41) is 3.32. The molecule has 0 bridgehead atoms. The number of imidazole rings is 1. The molecule has 28 heavy (non-hydrogen) atoms. The topological polar surface area (TPSA) is 69.0 Å². The molecule has 0 radical (unpaired) electrons. The summed E-state index contributed by atoms with van der Waals surface area (Å²) < 4.78 is 21.6. The minimum atomic E-state index is -1.07. The van der Waals surface area contributed by atoms with E-state index in [1.54, 1.807) is 13.0 Å². The van der Waals surface area contributed by atoms with Crippen LogP contribution in [0.1, 0.15) is 64.3 Å². The number of ether oxygens (including phenoxy) is 1. The van der Waals surface area contributed by atoms with Crippen molar-refractivity contribution in [3.8, 4) is 0 Å². The highest BCUT2D eigenvalue weighted by molar-refractivity contribution is 6.29. The minimum absolute atomic E-state index is 0.0440. The fourth-order valence-electron chi connectivity index (χ4n) is 3.90. The van der Waals surface area contributed by atoms with Crippen molar-refractivity contribution in [2.45, 2.75) is 76.1 Å². The van der Waals surface area contributed by atoms with Crippen LogP contribution in [0.5, 0.6) is 0 Å². The summed E-state index contributed by atoms with van der Waals surface area (Å²) in [5.41, 5.74) is 0.356. The number of hydrogen-bond donors (Lipinski definition) is 1. The van der Waals surface area contributed by atoms with E-state index in [0.29, 0.717) is 55.1 Å². The smallest absolute Gasteiger partial charge is 0.229 e. The van der Waals surface area contributed by atoms with Crippen molar-refractivity contribution in [3.05, 3.63) is 17.3 Å². The van der Waals surface area contributed by atoms with Crippen LogP contribution >= 0.6 is 11.6 Å². The molecule has 1 N–H and O–H groups in total. The third-order valence-corrected chi connectivity index (χ3v) is 6.06. The number of nitrogens with one attached hydrogen (secondary N) is 1. The number of fused-ring (bicyclic) bond motifs is 1. The van der Waals surface area contributed by atoms with Crippen molar-refractivity contribution < 1.29 is 13.9 Å². The lowest BCUT2D eigenvalue weighted by Gasteiger charge is -2.31. The van der Waals surface area contributed by atoms with Crippen LogP contribution in [0.3, 0.4) is 0 Å². The Morgan fingerprint density at radius 1 is 1.32 bits per heavy atom. The molecule has 0 unspecified atom stereocenters. The first-order valence-electron chi connectivity index (χ1n) is 10.1. The Morgan fingerprint density at radius 3 is 2.75 bits per heavy atom. The number of hydrogen-bond acceptors (Lipinski definition) is 4. The van der Waals surface area contributed by atoms with Gasteiger partial charge in [0.05, 0.1) is 19.1 Å². The number of halogens is 2. The standard InChI is InChI=1S/C20H26ClFN4O2/c1-20(22)10-7-14(8-11-20)28-12-9-17(27)25-19-23-15-5-6-16(21)24-18(15)26(19)13-3-2-4-13/h5-6,13-14H,2-4,7-12H2,1H3,(H,23,25,27). The molecule has 152 valence electrons. The van der Waals surface area contributed by atoms with Crippen molar-refractivity contribution in [1.82, 2.24) is 14.5 Å². The zero-order valence-electron chi connectivity index (χ0n) is 16.1. The van der Waals surface area contributed by atoms with Gasteiger partial charge >= 0.3 is 0 Å². The Morgan fingerprint density at radius 2 is 2.07 bits per heavy atom. The second-order valence-electron chi connectivity index (χ2n) is 8.15. The minimum Gasteiger partial charge on any atom is -0.378 e. The molecule has 2 aromatic rings. The van der Waals surface area contributed by atoms with E-state index >= 15 is 0 Å². The van der Waals surface area contributed by atoms with Gasteiger partial charge in [-0.1, -0.05) is 11.6 Å². The molecule has 2 aliphatic rings. The van der Waals surface area contributed by atoms with Gasteiger partial charge in [0.15, 0.2) is 5.65 Å². The van der Waals surface area contributed by atoms with Crippen LogP contribution in [0.25, 0.3) is 11.2 Å². The molecule has 4 rings (SSSR count). The number of anilines is 1. The van der Waals surface area contributed by atoms with Gasteiger partial charge in [-0.05, 0) is 64.0 Å². The van der Waals surface area contributed by atoms with Crippen LogP contribution in [0.4, 0.5) is 10.3 Å². The Hall–Kier alpha value is -1.73. The highest BCUT2D eigenvalue weighted by Crippen LogP contribution is 2.37. The monoisotopic (exact) mass is 408 g/mol. The molecule has 2 aromatic heterocycles. The van der Waals surface area contributed by atoms with E-state index in [-0.39, 0.29) is 18.4 Å². The largest absolute Gasteiger partial charge is 0.378 e. The third-order valence-electron chi connectivity index (χ3n) is 5.85. The number of carbonyl (C=O) groups is 1. The average molecular weight is 409 g/mol. The highest BCUT2D eigenvalue weighted by Gasteiger charge is 2.31. The summed E-state index contributed by atoms with van der Waals surface area (Å²) in [6.45, 7) is 1.97. The molecule has 2 aliphatic carbocycles. The number of amides is 1. The van der Waals surface area contributed by atoms with Crippen molar-refractivity contribution in [2.75, 3.05) is 11.9 Å². The fourth-order valence-corrected chi connectivity index (χ4v) is 4.04. The van der Waals surface area contributed by atoms with Gasteiger partial charge < -0.3 is 4.74 Å². The molecule has 0 aromatic carbocycles. The molecular formula is C20H26ClFN4O2. The van der Waals surface area contributed by atoms with E-state index in [1.165, 1.54) is 0 Å². The van der Waals surface area contributed by atoms with Gasteiger partial charge in [-0.15, -0.1) is 0 Å². The van der Waals surface area contributed by atoms with E-state index < -0.39 is 5.67 Å². The van der Waals surface area contributed by atoms with Crippen LogP contribution in [0.15, 0.2) is 12.1 Å². The summed E-state index contributed by atoms with van der Waals surface area (Å²) in [7, 11) is 0. The molecule has 2 fully saturated rings. The lowest BCUT2D eigenvalue weighted by molar-refractivity contribution is -0.118. The Labute approximate surface area is 168 Å². The van der Waals surface area contributed by atoms with Gasteiger partial charge in [-0.3, -0.25) is 14.7 Å². The Balaban J connectivity index is 1.36. The predicted molar refractivity (Wildman–Crippen MR) is 106 cm³/mol. The second kappa shape index (κ2) is 7.95. The summed E-state index contributed by atoms with van der Waals surface area (Å²) >= 11 is 6.05. The molecule has 6 nitrogen and oxygen atoms in total. The number of nitrogens with zero attached hydrogens (tertiary/aromatic N) is 3. The van der Waals surface area contributed by atoms with E-state index in [9.17, 15) is 9.18 Å². The zero-order chi connectivity index (χ0) is 19.7. The molecule has 0 aliphatic heterocycles. The van der Waals surface area contributed by atoms with E-state index in [1.807, 2.05) is 10.6 Å². The summed E-state index contributed by atoms with van der Waals surface area (Å²) in [6, 6.07) is 3.81.